The summed E-state index contributed by atoms with van der Waals surface area (Å²) >= 11 is 0.754. The Bertz CT molecular complexity index is 331. The van der Waals surface area contributed by atoms with Crippen LogP contribution in [0.1, 0.15) is 28.7 Å². The summed E-state index contributed by atoms with van der Waals surface area (Å²) in [6, 6.07) is 0. The Morgan fingerprint density at radius 3 is 2.54 bits per heavy atom. The summed E-state index contributed by atoms with van der Waals surface area (Å²) in [6.45, 7) is 6.19. The number of aryl methyl sites for hydroxylation is 1. The summed E-state index contributed by atoms with van der Waals surface area (Å²) in [7, 11) is 0. The summed E-state index contributed by atoms with van der Waals surface area (Å²) in [5.74, 6) is -0.241. The second-order valence-electron chi connectivity index (χ2n) is 2.88. The van der Waals surface area contributed by atoms with E-state index in [-0.39, 0.29) is 5.97 Å². The molecular formula is C9H12NO2Tl. The molecule has 0 saturated heterocycles. The van der Waals surface area contributed by atoms with Crippen molar-refractivity contribution in [2.24, 2.45) is 0 Å². The molecule has 1 rings (SSSR count). The quantitative estimate of drug-likeness (QED) is 0.612. The fourth-order valence-electron chi connectivity index (χ4n) is 1.17. The summed E-state index contributed by atoms with van der Waals surface area (Å²) in [5.41, 5.74) is 2.78. The number of H-pyrrole nitrogens is 1. The molecule has 68 valence electrons. The number of aromatic amines is 1. The maximum absolute atomic E-state index is 11.4. The van der Waals surface area contributed by atoms with E-state index < -0.39 is 0 Å². The average Bonchev–Trinajstić information content (AvgIpc) is 2.33. The van der Waals surface area contributed by atoms with E-state index in [4.69, 9.17) is 4.74 Å². The number of hydrogen-bond donors (Lipinski definition) is 1. The molecule has 4 heteroatoms. The minimum atomic E-state index is -0.241. The van der Waals surface area contributed by atoms with Gasteiger partial charge >= 0.3 is 93.7 Å². The van der Waals surface area contributed by atoms with E-state index in [1.165, 1.54) is 3.12 Å². The molecule has 0 spiro atoms. The zero-order valence-electron chi connectivity index (χ0n) is 8.10. The molecule has 1 aromatic rings. The van der Waals surface area contributed by atoms with Crippen molar-refractivity contribution >= 4 is 34.9 Å². The van der Waals surface area contributed by atoms with Crippen LogP contribution in [0.25, 0.3) is 0 Å². The van der Waals surface area contributed by atoms with E-state index in [0.29, 0.717) is 12.3 Å². The number of carbonyl (C=O) groups is 1. The molecule has 0 amide bonds. The second kappa shape index (κ2) is 4.26. The first-order chi connectivity index (χ1) is 6.07. The number of aromatic nitrogens is 1. The van der Waals surface area contributed by atoms with Gasteiger partial charge in [-0.05, 0) is 0 Å². The van der Waals surface area contributed by atoms with Crippen LogP contribution in [0.4, 0.5) is 0 Å². The average molecular weight is 371 g/mol. The predicted molar refractivity (Wildman–Crippen MR) is 51.6 cm³/mol. The molecule has 0 bridgehead atoms. The van der Waals surface area contributed by atoms with Gasteiger partial charge in [-0.15, -0.1) is 0 Å². The topological polar surface area (TPSA) is 42.1 Å². The Hall–Kier alpha value is -0.328. The molecule has 0 unspecified atom stereocenters. The Balaban J connectivity index is 3.01. The van der Waals surface area contributed by atoms with Gasteiger partial charge in [-0.1, -0.05) is 0 Å². The van der Waals surface area contributed by atoms with E-state index >= 15 is 0 Å². The van der Waals surface area contributed by atoms with Crippen LogP contribution in [-0.4, -0.2) is 43.3 Å². The van der Waals surface area contributed by atoms with Crippen molar-refractivity contribution in [3.05, 3.63) is 17.0 Å². The van der Waals surface area contributed by atoms with Crippen molar-refractivity contribution in [3.63, 3.8) is 0 Å². The maximum atomic E-state index is 11.4. The Kier molecular flexibility index (Phi) is 3.52. The van der Waals surface area contributed by atoms with Crippen LogP contribution in [0.15, 0.2) is 0 Å². The Morgan fingerprint density at radius 1 is 1.54 bits per heavy atom. The SMILES string of the molecule is CCOC(=O)c1[nH]c(C)[c]([Tl])c1C. The van der Waals surface area contributed by atoms with E-state index in [1.54, 1.807) is 0 Å². The molecule has 1 N–H and O–H groups in total. The molecule has 0 saturated carbocycles. The van der Waals surface area contributed by atoms with Crippen LogP contribution in [0.3, 0.4) is 0 Å². The minimum absolute atomic E-state index is 0.241. The van der Waals surface area contributed by atoms with Crippen LogP contribution in [-0.2, 0) is 4.74 Å². The van der Waals surface area contributed by atoms with Crippen LogP contribution in [0.2, 0.25) is 0 Å². The van der Waals surface area contributed by atoms with Gasteiger partial charge in [0.15, 0.2) is 0 Å². The molecular weight excluding hydrogens is 358 g/mol. The first-order valence-corrected chi connectivity index (χ1v) is 6.44. The van der Waals surface area contributed by atoms with Gasteiger partial charge in [0.1, 0.15) is 0 Å². The number of carbonyl (C=O) groups excluding carboxylic acids is 1. The van der Waals surface area contributed by atoms with Crippen LogP contribution >= 0.6 is 0 Å². The second-order valence-corrected chi connectivity index (χ2v) is 5.13. The van der Waals surface area contributed by atoms with Crippen molar-refractivity contribution in [1.29, 1.82) is 0 Å². The first-order valence-electron chi connectivity index (χ1n) is 4.19. The van der Waals surface area contributed by atoms with Gasteiger partial charge < -0.3 is 0 Å². The molecule has 0 radical (unpaired) electrons. The normalized spacial score (nSPS) is 10.0. The molecule has 0 fully saturated rings. The molecule has 13 heavy (non-hydrogen) atoms. The number of rotatable bonds is 2. The van der Waals surface area contributed by atoms with Crippen molar-refractivity contribution in [2.45, 2.75) is 20.8 Å². The van der Waals surface area contributed by atoms with Crippen LogP contribution < -0.4 is 3.12 Å². The molecule has 3 nitrogen and oxygen atoms in total. The third-order valence-electron chi connectivity index (χ3n) is 1.98. The van der Waals surface area contributed by atoms with Crippen molar-refractivity contribution < 1.29 is 9.53 Å². The van der Waals surface area contributed by atoms with E-state index in [1.807, 2.05) is 20.8 Å². The fourth-order valence-corrected chi connectivity index (χ4v) is 2.01. The summed E-state index contributed by atoms with van der Waals surface area (Å²) in [5, 5.41) is 0. The first kappa shape index (κ1) is 10.8. The van der Waals surface area contributed by atoms with Gasteiger partial charge in [0.25, 0.3) is 0 Å². The van der Waals surface area contributed by atoms with Gasteiger partial charge in [0, 0.05) is 0 Å². The summed E-state index contributed by atoms with van der Waals surface area (Å²) in [6.07, 6.45) is 0. The summed E-state index contributed by atoms with van der Waals surface area (Å²) in [4.78, 5) is 14.5. The fraction of sp³-hybridized carbons (Fsp3) is 0.444. The van der Waals surface area contributed by atoms with E-state index in [0.717, 1.165) is 37.0 Å². The van der Waals surface area contributed by atoms with E-state index in [2.05, 4.69) is 4.98 Å². The zero-order chi connectivity index (χ0) is 10.0. The third-order valence-corrected chi connectivity index (χ3v) is 5.34. The zero-order valence-corrected chi connectivity index (χ0v) is 12.6. The number of hydrogen-bond acceptors (Lipinski definition) is 2. The van der Waals surface area contributed by atoms with Gasteiger partial charge in [-0.25, -0.2) is 0 Å². The van der Waals surface area contributed by atoms with Gasteiger partial charge in [-0.2, -0.15) is 0 Å². The standard InChI is InChI=1S/C9H12NO2.Tl/c1-4-12-9(11)8-6(2)5-7(3)10-8;/h10H,4H2,1-3H3;. The van der Waals surface area contributed by atoms with Crippen molar-refractivity contribution in [3.8, 4) is 0 Å². The number of ether oxygens (including phenoxy) is 1. The molecule has 0 aliphatic heterocycles. The van der Waals surface area contributed by atoms with Crippen LogP contribution in [0, 0.1) is 13.8 Å². The molecule has 0 atom stereocenters. The molecule has 1 aromatic heterocycles. The molecule has 1 heterocycles. The Morgan fingerprint density at radius 2 is 2.15 bits per heavy atom. The van der Waals surface area contributed by atoms with Crippen molar-refractivity contribution in [2.75, 3.05) is 6.61 Å². The molecule has 0 aromatic carbocycles. The van der Waals surface area contributed by atoms with Crippen LogP contribution in [0.5, 0.6) is 0 Å². The van der Waals surface area contributed by atoms with Crippen molar-refractivity contribution in [1.82, 2.24) is 4.98 Å². The van der Waals surface area contributed by atoms with Gasteiger partial charge in [-0.3, -0.25) is 0 Å². The van der Waals surface area contributed by atoms with Gasteiger partial charge in [0.2, 0.25) is 0 Å². The van der Waals surface area contributed by atoms with E-state index in [9.17, 15) is 4.79 Å². The molecule has 0 aliphatic rings. The third kappa shape index (κ3) is 2.12. The number of esters is 1. The number of nitrogens with one attached hydrogen (secondary N) is 1. The Labute approximate surface area is 93.5 Å². The van der Waals surface area contributed by atoms with Gasteiger partial charge in [0.05, 0.1) is 0 Å². The predicted octanol–water partition coefficient (Wildman–Crippen LogP) is 0.602. The summed E-state index contributed by atoms with van der Waals surface area (Å²) < 4.78 is 6.22. The molecule has 0 aliphatic carbocycles. The monoisotopic (exact) mass is 371 g/mol.